The van der Waals surface area contributed by atoms with Crippen molar-refractivity contribution < 1.29 is 14.3 Å². The topological polar surface area (TPSA) is 56.6 Å². The Morgan fingerprint density at radius 1 is 1.50 bits per heavy atom. The summed E-state index contributed by atoms with van der Waals surface area (Å²) in [6.45, 7) is 6.13. The molecule has 1 aliphatic heterocycles. The molecule has 0 spiro atoms. The van der Waals surface area contributed by atoms with Crippen LogP contribution in [0.5, 0.6) is 0 Å². The molecule has 0 aliphatic carbocycles. The molecule has 0 bridgehead atoms. The van der Waals surface area contributed by atoms with E-state index >= 15 is 0 Å². The van der Waals surface area contributed by atoms with Gasteiger partial charge in [-0.2, -0.15) is 5.10 Å². The molecule has 1 saturated heterocycles. The highest BCUT2D eigenvalue weighted by atomic mass is 16.5. The smallest absolute Gasteiger partial charge is 0.341 e. The van der Waals surface area contributed by atoms with Crippen LogP contribution in [0.25, 0.3) is 0 Å². The van der Waals surface area contributed by atoms with Gasteiger partial charge in [-0.05, 0) is 6.92 Å². The number of carbonyl (C=O) groups excluding carboxylic acids is 1. The van der Waals surface area contributed by atoms with Crippen molar-refractivity contribution in [2.75, 3.05) is 32.9 Å². The molecule has 100 valence electrons. The number of morpholine rings is 1. The van der Waals surface area contributed by atoms with Gasteiger partial charge in [0.15, 0.2) is 0 Å². The van der Waals surface area contributed by atoms with Crippen LogP contribution in [0, 0.1) is 0 Å². The van der Waals surface area contributed by atoms with E-state index in [1.165, 1.54) is 0 Å². The minimum absolute atomic E-state index is 0.297. The van der Waals surface area contributed by atoms with Gasteiger partial charge in [0.05, 0.1) is 31.7 Å². The number of hydrogen-bond donors (Lipinski definition) is 0. The van der Waals surface area contributed by atoms with Crippen molar-refractivity contribution in [2.45, 2.75) is 13.5 Å². The van der Waals surface area contributed by atoms with E-state index < -0.39 is 0 Å². The molecule has 0 amide bonds. The molecule has 6 heteroatoms. The molecule has 1 aliphatic rings. The van der Waals surface area contributed by atoms with E-state index in [0.717, 1.165) is 32.0 Å². The van der Waals surface area contributed by atoms with Gasteiger partial charge >= 0.3 is 5.97 Å². The molecule has 2 heterocycles. The van der Waals surface area contributed by atoms with Gasteiger partial charge in [0.1, 0.15) is 5.56 Å². The van der Waals surface area contributed by atoms with Crippen molar-refractivity contribution >= 4 is 5.97 Å². The fourth-order valence-electron chi connectivity index (χ4n) is 2.00. The van der Waals surface area contributed by atoms with Gasteiger partial charge in [0, 0.05) is 26.7 Å². The second kappa shape index (κ2) is 5.97. The second-order valence-corrected chi connectivity index (χ2v) is 4.24. The van der Waals surface area contributed by atoms with E-state index in [1.54, 1.807) is 17.8 Å². The Balaban J connectivity index is 2.10. The lowest BCUT2D eigenvalue weighted by Gasteiger charge is -2.26. The summed E-state index contributed by atoms with van der Waals surface area (Å²) in [5.41, 5.74) is 1.46. The Bertz CT molecular complexity index is 411. The lowest BCUT2D eigenvalue weighted by molar-refractivity contribution is 0.0326. The number of nitrogens with zero attached hydrogens (tertiary/aromatic N) is 3. The molecular formula is C12H19N3O3. The summed E-state index contributed by atoms with van der Waals surface area (Å²) in [5, 5.41) is 4.14. The van der Waals surface area contributed by atoms with Crippen molar-refractivity contribution in [3.8, 4) is 0 Å². The molecule has 0 radical (unpaired) electrons. The van der Waals surface area contributed by atoms with E-state index in [4.69, 9.17) is 9.47 Å². The highest BCUT2D eigenvalue weighted by molar-refractivity contribution is 5.90. The Morgan fingerprint density at radius 3 is 2.89 bits per heavy atom. The maximum atomic E-state index is 11.8. The molecule has 1 fully saturated rings. The molecule has 0 aromatic carbocycles. The maximum Gasteiger partial charge on any atom is 0.341 e. The van der Waals surface area contributed by atoms with E-state index in [1.807, 2.05) is 7.05 Å². The van der Waals surface area contributed by atoms with Gasteiger partial charge < -0.3 is 9.47 Å². The van der Waals surface area contributed by atoms with Crippen molar-refractivity contribution in [3.05, 3.63) is 17.5 Å². The van der Waals surface area contributed by atoms with Crippen LogP contribution >= 0.6 is 0 Å². The van der Waals surface area contributed by atoms with Crippen LogP contribution in [0.1, 0.15) is 23.0 Å². The first-order chi connectivity index (χ1) is 8.72. The standard InChI is InChI=1S/C12H19N3O3/c1-3-18-12(16)10-8-13-14(2)11(10)9-15-4-6-17-7-5-15/h8H,3-7,9H2,1-2H3. The number of esters is 1. The van der Waals surface area contributed by atoms with Crippen LogP contribution in [-0.2, 0) is 23.1 Å². The second-order valence-electron chi connectivity index (χ2n) is 4.24. The number of rotatable bonds is 4. The summed E-state index contributed by atoms with van der Waals surface area (Å²) in [6, 6.07) is 0. The van der Waals surface area contributed by atoms with Gasteiger partial charge in [0.25, 0.3) is 0 Å². The molecule has 2 rings (SSSR count). The summed E-state index contributed by atoms with van der Waals surface area (Å²) in [4.78, 5) is 14.1. The summed E-state index contributed by atoms with van der Waals surface area (Å²) in [7, 11) is 1.85. The van der Waals surface area contributed by atoms with E-state index in [0.29, 0.717) is 18.7 Å². The first-order valence-corrected chi connectivity index (χ1v) is 6.20. The van der Waals surface area contributed by atoms with Gasteiger partial charge in [0.2, 0.25) is 0 Å². The quantitative estimate of drug-likeness (QED) is 0.728. The molecule has 1 aromatic heterocycles. The van der Waals surface area contributed by atoms with Crippen LogP contribution in [0.3, 0.4) is 0 Å². The van der Waals surface area contributed by atoms with Crippen LogP contribution in [0.2, 0.25) is 0 Å². The zero-order chi connectivity index (χ0) is 13.0. The van der Waals surface area contributed by atoms with Gasteiger partial charge in [-0.25, -0.2) is 4.79 Å². The number of carbonyl (C=O) groups is 1. The largest absolute Gasteiger partial charge is 0.462 e. The zero-order valence-electron chi connectivity index (χ0n) is 10.9. The highest BCUT2D eigenvalue weighted by Gasteiger charge is 2.20. The molecule has 0 saturated carbocycles. The zero-order valence-corrected chi connectivity index (χ0v) is 10.9. The highest BCUT2D eigenvalue weighted by Crippen LogP contribution is 2.13. The number of ether oxygens (including phenoxy) is 2. The molecule has 1 aromatic rings. The molecule has 0 unspecified atom stereocenters. The Kier molecular flexibility index (Phi) is 4.33. The number of aromatic nitrogens is 2. The first kappa shape index (κ1) is 13.0. The average molecular weight is 253 g/mol. The van der Waals surface area contributed by atoms with E-state index in [2.05, 4.69) is 10.00 Å². The lowest BCUT2D eigenvalue weighted by atomic mass is 10.2. The van der Waals surface area contributed by atoms with Crippen molar-refractivity contribution in [2.24, 2.45) is 7.05 Å². The third kappa shape index (κ3) is 2.88. The minimum atomic E-state index is -0.297. The molecular weight excluding hydrogens is 234 g/mol. The number of aryl methyl sites for hydroxylation is 1. The van der Waals surface area contributed by atoms with Gasteiger partial charge in [-0.1, -0.05) is 0 Å². The summed E-state index contributed by atoms with van der Waals surface area (Å²) in [6.07, 6.45) is 1.58. The normalized spacial score (nSPS) is 16.8. The third-order valence-electron chi connectivity index (χ3n) is 3.03. The predicted octanol–water partition coefficient (Wildman–Crippen LogP) is 0.429. The Labute approximate surface area is 106 Å². The van der Waals surface area contributed by atoms with Crippen LogP contribution in [0.15, 0.2) is 6.20 Å². The van der Waals surface area contributed by atoms with Crippen LogP contribution < -0.4 is 0 Å². The lowest BCUT2D eigenvalue weighted by Crippen LogP contribution is -2.36. The van der Waals surface area contributed by atoms with Gasteiger partial charge in [-0.15, -0.1) is 0 Å². The van der Waals surface area contributed by atoms with Crippen LogP contribution in [0.4, 0.5) is 0 Å². The van der Waals surface area contributed by atoms with E-state index in [-0.39, 0.29) is 5.97 Å². The fraction of sp³-hybridized carbons (Fsp3) is 0.667. The van der Waals surface area contributed by atoms with E-state index in [9.17, 15) is 4.79 Å². The molecule has 0 atom stereocenters. The Morgan fingerprint density at radius 2 is 2.22 bits per heavy atom. The SMILES string of the molecule is CCOC(=O)c1cnn(C)c1CN1CCOCC1. The first-order valence-electron chi connectivity index (χ1n) is 6.20. The van der Waals surface area contributed by atoms with Crippen LogP contribution in [-0.4, -0.2) is 53.6 Å². The maximum absolute atomic E-state index is 11.8. The summed E-state index contributed by atoms with van der Waals surface area (Å²) < 4.78 is 12.1. The summed E-state index contributed by atoms with van der Waals surface area (Å²) >= 11 is 0. The fourth-order valence-corrected chi connectivity index (χ4v) is 2.00. The van der Waals surface area contributed by atoms with Gasteiger partial charge in [-0.3, -0.25) is 9.58 Å². The predicted molar refractivity (Wildman–Crippen MR) is 65.3 cm³/mol. The van der Waals surface area contributed by atoms with Crippen molar-refractivity contribution in [1.82, 2.24) is 14.7 Å². The molecule has 18 heavy (non-hydrogen) atoms. The summed E-state index contributed by atoms with van der Waals surface area (Å²) in [5.74, 6) is -0.297. The molecule has 6 nitrogen and oxygen atoms in total. The Hall–Kier alpha value is -1.40. The third-order valence-corrected chi connectivity index (χ3v) is 3.03. The number of hydrogen-bond acceptors (Lipinski definition) is 5. The van der Waals surface area contributed by atoms with Crippen molar-refractivity contribution in [3.63, 3.8) is 0 Å². The molecule has 0 N–H and O–H groups in total. The minimum Gasteiger partial charge on any atom is -0.462 e. The monoisotopic (exact) mass is 253 g/mol. The average Bonchev–Trinajstić information content (AvgIpc) is 2.73. The van der Waals surface area contributed by atoms with Crippen molar-refractivity contribution in [1.29, 1.82) is 0 Å².